The second-order valence-corrected chi connectivity index (χ2v) is 23.2. The molecule has 6 heteroatoms. The number of aromatic nitrogens is 3. The van der Waals surface area contributed by atoms with E-state index in [2.05, 4.69) is 172 Å². The van der Waals surface area contributed by atoms with E-state index in [4.69, 9.17) is 17.9 Å². The van der Waals surface area contributed by atoms with Crippen LogP contribution in [0.5, 0.6) is 0 Å². The van der Waals surface area contributed by atoms with Gasteiger partial charge in [-0.1, -0.05) is 156 Å². The van der Waals surface area contributed by atoms with Crippen molar-refractivity contribution in [1.82, 2.24) is 14.5 Å². The van der Waals surface area contributed by atoms with E-state index >= 15 is 0 Å². The minimum atomic E-state index is -2.40. The van der Waals surface area contributed by atoms with Crippen LogP contribution in [0.25, 0.3) is 94.4 Å². The third-order valence-electron chi connectivity index (χ3n) is 14.1. The summed E-state index contributed by atoms with van der Waals surface area (Å²) in [6, 6.07) is 52.1. The smallest absolute Gasteiger partial charge is 0.136 e. The SMILES string of the molecule is CC(C)(C)c1ccnc(-c2[c-]cccc2)c1.[2H]C([2H])([2H])c1cccc2nc(-c3[c-]ccc4c3oc3cc5c(cc34)oc3ccccc35)n(-c3c(C(C)C)cc(-c4cc(C(C)(C)C)cc(C(C)(C)C)c4)cc3C(C)C)c12.[Ir]. The zero-order chi connectivity index (χ0) is 53.5. The van der Waals surface area contributed by atoms with Crippen molar-refractivity contribution in [2.24, 2.45) is 0 Å². The molecular weight excluding hydrogens is 1070 g/mol. The fraction of sp³-hybridized carbons (Fsp3) is 0.284. The van der Waals surface area contributed by atoms with Crippen molar-refractivity contribution in [2.75, 3.05) is 0 Å². The van der Waals surface area contributed by atoms with Crippen LogP contribution in [-0.4, -0.2) is 14.5 Å². The van der Waals surface area contributed by atoms with Crippen molar-refractivity contribution in [3.05, 3.63) is 185 Å². The summed E-state index contributed by atoms with van der Waals surface area (Å²) in [5, 5.41) is 3.84. The fourth-order valence-electron chi connectivity index (χ4n) is 9.88. The summed E-state index contributed by atoms with van der Waals surface area (Å²) in [6.45, 7) is 26.7. The van der Waals surface area contributed by atoms with Gasteiger partial charge in [-0.3, -0.25) is 4.98 Å². The molecule has 0 saturated carbocycles. The first-order chi connectivity index (χ1) is 35.4. The number of rotatable bonds is 6. The first kappa shape index (κ1) is 47.4. The van der Waals surface area contributed by atoms with Gasteiger partial charge < -0.3 is 18.4 Å². The van der Waals surface area contributed by atoms with Crippen molar-refractivity contribution >= 4 is 54.9 Å². The predicted octanol–water partition coefficient (Wildman–Crippen LogP) is 19.0. The molecule has 0 fully saturated rings. The third-order valence-corrected chi connectivity index (χ3v) is 14.1. The molecule has 0 aliphatic rings. The molecule has 0 spiro atoms. The van der Waals surface area contributed by atoms with E-state index in [-0.39, 0.29) is 53.7 Å². The van der Waals surface area contributed by atoms with E-state index in [1.807, 2.05) is 66.9 Å². The summed E-state index contributed by atoms with van der Waals surface area (Å²) < 4.78 is 41.5. The normalized spacial score (nSPS) is 13.2. The van der Waals surface area contributed by atoms with Crippen LogP contribution in [0.1, 0.15) is 139 Å². The number of pyridine rings is 1. The number of fused-ring (bicyclic) bond motifs is 7. The Labute approximate surface area is 449 Å². The van der Waals surface area contributed by atoms with Crippen LogP contribution in [0.3, 0.4) is 0 Å². The summed E-state index contributed by atoms with van der Waals surface area (Å²) >= 11 is 0. The van der Waals surface area contributed by atoms with Gasteiger partial charge in [0, 0.05) is 52.3 Å². The van der Waals surface area contributed by atoms with Crippen molar-refractivity contribution in [2.45, 2.75) is 125 Å². The molecule has 0 atom stereocenters. The molecule has 0 N–H and O–H groups in total. The molecule has 73 heavy (non-hydrogen) atoms. The number of para-hydroxylation sites is 2. The molecule has 0 saturated heterocycles. The molecule has 11 aromatic rings. The Hall–Kier alpha value is -6.59. The minimum absolute atomic E-state index is 0. The molecule has 5 nitrogen and oxygen atoms in total. The summed E-state index contributed by atoms with van der Waals surface area (Å²) in [4.78, 5) is 9.69. The van der Waals surface area contributed by atoms with Crippen LogP contribution in [-0.2, 0) is 36.4 Å². The molecule has 4 heterocycles. The number of hydrogen-bond acceptors (Lipinski definition) is 4. The molecule has 11 rings (SSSR count). The summed E-state index contributed by atoms with van der Waals surface area (Å²) in [5.74, 6) is 0.741. The van der Waals surface area contributed by atoms with Crippen LogP contribution in [0.4, 0.5) is 0 Å². The Morgan fingerprint density at radius 3 is 1.82 bits per heavy atom. The van der Waals surface area contributed by atoms with Gasteiger partial charge in [-0.25, -0.2) is 0 Å². The molecule has 373 valence electrons. The quantitative estimate of drug-likeness (QED) is 0.156. The van der Waals surface area contributed by atoms with Crippen molar-refractivity contribution in [3.8, 4) is 39.5 Å². The van der Waals surface area contributed by atoms with Gasteiger partial charge in [0.05, 0.1) is 22.4 Å². The van der Waals surface area contributed by atoms with Gasteiger partial charge in [-0.15, -0.1) is 54.1 Å². The van der Waals surface area contributed by atoms with Crippen molar-refractivity contribution in [3.63, 3.8) is 0 Å². The van der Waals surface area contributed by atoms with Gasteiger partial charge >= 0.3 is 0 Å². The standard InChI is InChI=1S/C52H51N2O2.C15H16N.Ir/c1-29(2)39-24-33(32-22-34(51(6,7)8)26-35(23-32)52(9,10)11)25-40(30(3)4)48(39)54-47-31(5)16-14-20-43(47)53-50(54)38-19-15-18-37-42-28-45-41(27-46(42)56-49(37)38)36-17-12-13-21-44(36)55-45;1-15(2,3)13-9-10-16-14(11-13)12-7-5-4-6-8-12;/h12-18,20-30H,1-11H3;4-7,9-11H,1-3H3;/q2*-1;/i5D3;;. The molecule has 7 aromatic carbocycles. The second-order valence-electron chi connectivity index (χ2n) is 23.2. The zero-order valence-corrected chi connectivity index (χ0v) is 46.8. The second kappa shape index (κ2) is 19.4. The first-order valence-corrected chi connectivity index (χ1v) is 25.4. The number of nitrogens with zero attached hydrogens (tertiary/aromatic N) is 3. The largest absolute Gasteiger partial charge is 0.501 e. The Bertz CT molecular complexity index is 3890. The number of hydrogen-bond donors (Lipinski definition) is 0. The molecule has 0 aliphatic carbocycles. The number of benzene rings is 7. The fourth-order valence-corrected chi connectivity index (χ4v) is 9.88. The van der Waals surface area contributed by atoms with Gasteiger partial charge in [0.1, 0.15) is 16.7 Å². The maximum absolute atomic E-state index is 8.77. The van der Waals surface area contributed by atoms with Gasteiger partial charge in [0.2, 0.25) is 0 Å². The van der Waals surface area contributed by atoms with E-state index in [0.29, 0.717) is 28.0 Å². The van der Waals surface area contributed by atoms with E-state index in [9.17, 15) is 0 Å². The number of imidazole rings is 1. The van der Waals surface area contributed by atoms with E-state index in [0.717, 1.165) is 71.9 Å². The summed E-state index contributed by atoms with van der Waals surface area (Å²) in [5.41, 5.74) is 16.5. The maximum Gasteiger partial charge on any atom is 0.136 e. The van der Waals surface area contributed by atoms with Crippen LogP contribution in [0, 0.1) is 19.0 Å². The summed E-state index contributed by atoms with van der Waals surface area (Å²) in [7, 11) is 0. The van der Waals surface area contributed by atoms with Crippen molar-refractivity contribution in [1.29, 1.82) is 0 Å². The molecule has 0 aliphatic heterocycles. The molecule has 1 radical (unpaired) electrons. The molecule has 4 aromatic heterocycles. The topological polar surface area (TPSA) is 57.0 Å². The van der Waals surface area contributed by atoms with Crippen LogP contribution < -0.4 is 0 Å². The van der Waals surface area contributed by atoms with E-state index in [1.165, 1.54) is 22.3 Å². The van der Waals surface area contributed by atoms with Crippen LogP contribution in [0.15, 0.2) is 148 Å². The van der Waals surface area contributed by atoms with Gasteiger partial charge in [0.15, 0.2) is 0 Å². The first-order valence-electron chi connectivity index (χ1n) is 26.9. The molecule has 0 bridgehead atoms. The average Bonchev–Trinajstić information content (AvgIpc) is 4.11. The van der Waals surface area contributed by atoms with Gasteiger partial charge in [-0.05, 0) is 128 Å². The van der Waals surface area contributed by atoms with Crippen LogP contribution >= 0.6 is 0 Å². The summed E-state index contributed by atoms with van der Waals surface area (Å²) in [6.07, 6.45) is 1.87. The van der Waals surface area contributed by atoms with Gasteiger partial charge in [-0.2, -0.15) is 0 Å². The zero-order valence-electron chi connectivity index (χ0n) is 47.4. The minimum Gasteiger partial charge on any atom is -0.501 e. The Morgan fingerprint density at radius 2 is 1.19 bits per heavy atom. The molecule has 0 amide bonds. The number of aryl methyl sites for hydroxylation is 1. The molecule has 0 unspecified atom stereocenters. The van der Waals surface area contributed by atoms with Gasteiger partial charge in [0.25, 0.3) is 0 Å². The van der Waals surface area contributed by atoms with Crippen molar-refractivity contribution < 1.29 is 33.1 Å². The van der Waals surface area contributed by atoms with E-state index < -0.39 is 6.85 Å². The maximum atomic E-state index is 8.77. The monoisotopic (exact) mass is 1140 g/mol. The molecular formula is C67H67IrN3O2-2. The van der Waals surface area contributed by atoms with E-state index in [1.54, 1.807) is 12.1 Å². The third kappa shape index (κ3) is 9.73. The Morgan fingerprint density at radius 1 is 0.562 bits per heavy atom. The van der Waals surface area contributed by atoms with Crippen LogP contribution in [0.2, 0.25) is 0 Å². The number of furan rings is 2. The Balaban J connectivity index is 0.000000355. The average molecular weight is 1140 g/mol. The predicted molar refractivity (Wildman–Crippen MR) is 303 cm³/mol. The Kier molecular flexibility index (Phi) is 12.6.